The minimum atomic E-state index is -0.684. The van der Waals surface area contributed by atoms with Crippen LogP contribution in [0, 0.1) is 0 Å². The lowest BCUT2D eigenvalue weighted by molar-refractivity contribution is 0.120. The Balaban J connectivity index is 2.32. The third kappa shape index (κ3) is 2.75. The fourth-order valence-corrected chi connectivity index (χ4v) is 2.52. The van der Waals surface area contributed by atoms with E-state index in [1.54, 1.807) is 0 Å². The Kier molecular flexibility index (Phi) is 3.95. The molecule has 0 aliphatic heterocycles. The lowest BCUT2D eigenvalue weighted by atomic mass is 9.90. The van der Waals surface area contributed by atoms with Gasteiger partial charge in [-0.1, -0.05) is 50.1 Å². The van der Waals surface area contributed by atoms with Gasteiger partial charge in [0, 0.05) is 6.54 Å². The first kappa shape index (κ1) is 12.3. The molecule has 0 atom stereocenters. The van der Waals surface area contributed by atoms with Gasteiger partial charge in [-0.15, -0.1) is 0 Å². The first-order chi connectivity index (χ1) is 8.26. The van der Waals surface area contributed by atoms with Crippen LogP contribution in [0.2, 0.25) is 0 Å². The van der Waals surface area contributed by atoms with Crippen molar-refractivity contribution in [3.63, 3.8) is 0 Å². The minimum Gasteiger partial charge on any atom is -0.384 e. The second kappa shape index (κ2) is 5.46. The van der Waals surface area contributed by atoms with Crippen molar-refractivity contribution in [2.75, 3.05) is 6.54 Å². The average Bonchev–Trinajstić information content (AvgIpc) is 2.79. The van der Waals surface area contributed by atoms with Crippen LogP contribution in [0.5, 0.6) is 0 Å². The number of rotatable bonds is 4. The Morgan fingerprint density at radius 1 is 1.24 bits per heavy atom. The van der Waals surface area contributed by atoms with Crippen LogP contribution in [0.1, 0.15) is 44.6 Å². The van der Waals surface area contributed by atoms with E-state index in [2.05, 4.69) is 11.9 Å². The number of aliphatic imine (C=N–C) groups is 1. The summed E-state index contributed by atoms with van der Waals surface area (Å²) in [6.07, 6.45) is 4.93. The smallest absolute Gasteiger partial charge is 0.107 e. The van der Waals surface area contributed by atoms with Crippen molar-refractivity contribution in [2.45, 2.75) is 44.6 Å². The van der Waals surface area contributed by atoms with E-state index in [0.717, 1.165) is 49.9 Å². The Bertz CT molecular complexity index is 377. The van der Waals surface area contributed by atoms with Crippen molar-refractivity contribution in [1.29, 1.82) is 0 Å². The van der Waals surface area contributed by atoms with Crippen molar-refractivity contribution >= 4 is 5.71 Å². The molecule has 0 saturated heterocycles. The SMILES string of the molecule is CCCN=C(c1ccccc1)C1(O)CCCC1. The molecule has 2 rings (SSSR count). The molecule has 0 unspecified atom stereocenters. The van der Waals surface area contributed by atoms with Crippen LogP contribution < -0.4 is 0 Å². The van der Waals surface area contributed by atoms with Gasteiger partial charge in [0.1, 0.15) is 5.60 Å². The highest BCUT2D eigenvalue weighted by molar-refractivity contribution is 6.06. The van der Waals surface area contributed by atoms with Gasteiger partial charge in [-0.05, 0) is 24.8 Å². The molecule has 1 aromatic rings. The van der Waals surface area contributed by atoms with E-state index in [-0.39, 0.29) is 0 Å². The normalized spacial score (nSPS) is 19.5. The van der Waals surface area contributed by atoms with Gasteiger partial charge in [0.2, 0.25) is 0 Å². The summed E-state index contributed by atoms with van der Waals surface area (Å²) in [7, 11) is 0. The van der Waals surface area contributed by atoms with Gasteiger partial charge in [-0.25, -0.2) is 0 Å². The molecule has 0 bridgehead atoms. The number of hydrogen-bond acceptors (Lipinski definition) is 2. The molecule has 1 aliphatic carbocycles. The van der Waals surface area contributed by atoms with Crippen LogP contribution >= 0.6 is 0 Å². The summed E-state index contributed by atoms with van der Waals surface area (Å²) in [5.41, 5.74) is 1.29. The van der Waals surface area contributed by atoms with Gasteiger partial charge in [0.05, 0.1) is 5.71 Å². The summed E-state index contributed by atoms with van der Waals surface area (Å²) in [5.74, 6) is 0. The summed E-state index contributed by atoms with van der Waals surface area (Å²) in [5, 5.41) is 10.7. The molecule has 1 saturated carbocycles. The molecule has 1 aromatic carbocycles. The predicted molar refractivity (Wildman–Crippen MR) is 71.6 cm³/mol. The molecule has 92 valence electrons. The van der Waals surface area contributed by atoms with Crippen molar-refractivity contribution in [2.24, 2.45) is 4.99 Å². The number of nitrogens with zero attached hydrogens (tertiary/aromatic N) is 1. The Morgan fingerprint density at radius 2 is 1.88 bits per heavy atom. The molecule has 0 spiro atoms. The highest BCUT2D eigenvalue weighted by Gasteiger charge is 2.36. The van der Waals surface area contributed by atoms with E-state index in [1.165, 1.54) is 0 Å². The zero-order chi connectivity index (χ0) is 12.1. The summed E-state index contributed by atoms with van der Waals surface area (Å²) >= 11 is 0. The molecule has 1 N–H and O–H groups in total. The fraction of sp³-hybridized carbons (Fsp3) is 0.533. The molecule has 17 heavy (non-hydrogen) atoms. The van der Waals surface area contributed by atoms with Gasteiger partial charge in [-0.2, -0.15) is 0 Å². The van der Waals surface area contributed by atoms with Crippen molar-refractivity contribution < 1.29 is 5.11 Å². The van der Waals surface area contributed by atoms with E-state index in [0.29, 0.717) is 0 Å². The Hall–Kier alpha value is -1.15. The summed E-state index contributed by atoms with van der Waals surface area (Å²) < 4.78 is 0. The summed E-state index contributed by atoms with van der Waals surface area (Å²) in [6.45, 7) is 2.91. The van der Waals surface area contributed by atoms with E-state index >= 15 is 0 Å². The van der Waals surface area contributed by atoms with Crippen LogP contribution in [0.25, 0.3) is 0 Å². The van der Waals surface area contributed by atoms with Gasteiger partial charge in [0.15, 0.2) is 0 Å². The molecule has 0 amide bonds. The highest BCUT2D eigenvalue weighted by Crippen LogP contribution is 2.33. The molecule has 1 fully saturated rings. The van der Waals surface area contributed by atoms with Gasteiger partial charge in [-0.3, -0.25) is 4.99 Å². The average molecular weight is 231 g/mol. The second-order valence-electron chi connectivity index (χ2n) is 4.84. The summed E-state index contributed by atoms with van der Waals surface area (Å²) in [6, 6.07) is 10.1. The van der Waals surface area contributed by atoms with Gasteiger partial charge < -0.3 is 5.11 Å². The van der Waals surface area contributed by atoms with E-state index in [1.807, 2.05) is 30.3 Å². The van der Waals surface area contributed by atoms with Crippen LogP contribution in [0.15, 0.2) is 35.3 Å². The van der Waals surface area contributed by atoms with Gasteiger partial charge in [0.25, 0.3) is 0 Å². The number of hydrogen-bond donors (Lipinski definition) is 1. The third-order valence-corrected chi connectivity index (χ3v) is 3.41. The van der Waals surface area contributed by atoms with E-state index in [4.69, 9.17) is 0 Å². The largest absolute Gasteiger partial charge is 0.384 e. The van der Waals surface area contributed by atoms with Gasteiger partial charge >= 0.3 is 0 Å². The molecule has 0 radical (unpaired) electrons. The van der Waals surface area contributed by atoms with E-state index < -0.39 is 5.60 Å². The lowest BCUT2D eigenvalue weighted by Gasteiger charge is -2.25. The molecular weight excluding hydrogens is 210 g/mol. The zero-order valence-corrected chi connectivity index (χ0v) is 10.5. The first-order valence-electron chi connectivity index (χ1n) is 6.59. The maximum absolute atomic E-state index is 10.7. The van der Waals surface area contributed by atoms with Crippen molar-refractivity contribution in [1.82, 2.24) is 0 Å². The number of aliphatic hydroxyl groups is 1. The van der Waals surface area contributed by atoms with Crippen LogP contribution in [-0.4, -0.2) is 23.0 Å². The zero-order valence-electron chi connectivity index (χ0n) is 10.5. The topological polar surface area (TPSA) is 32.6 Å². The predicted octanol–water partition coefficient (Wildman–Crippen LogP) is 3.19. The first-order valence-corrected chi connectivity index (χ1v) is 6.59. The van der Waals surface area contributed by atoms with Crippen LogP contribution in [0.4, 0.5) is 0 Å². The Labute approximate surface area is 103 Å². The molecular formula is C15H21NO. The Morgan fingerprint density at radius 3 is 2.47 bits per heavy atom. The van der Waals surface area contributed by atoms with E-state index in [9.17, 15) is 5.11 Å². The molecule has 0 aromatic heterocycles. The molecule has 2 nitrogen and oxygen atoms in total. The van der Waals surface area contributed by atoms with Crippen LogP contribution in [0.3, 0.4) is 0 Å². The molecule has 0 heterocycles. The maximum atomic E-state index is 10.7. The highest BCUT2D eigenvalue weighted by atomic mass is 16.3. The van der Waals surface area contributed by atoms with Crippen LogP contribution in [-0.2, 0) is 0 Å². The quantitative estimate of drug-likeness (QED) is 0.793. The number of benzene rings is 1. The lowest BCUT2D eigenvalue weighted by Crippen LogP contribution is -2.36. The minimum absolute atomic E-state index is 0.684. The molecule has 2 heteroatoms. The summed E-state index contributed by atoms with van der Waals surface area (Å²) in [4.78, 5) is 4.63. The fourth-order valence-electron chi connectivity index (χ4n) is 2.52. The third-order valence-electron chi connectivity index (χ3n) is 3.41. The van der Waals surface area contributed by atoms with Crippen molar-refractivity contribution in [3.05, 3.63) is 35.9 Å². The monoisotopic (exact) mass is 231 g/mol. The standard InChI is InChI=1S/C15H21NO/c1-2-12-16-14(13-8-4-3-5-9-13)15(17)10-6-7-11-15/h3-5,8-9,17H,2,6-7,10-12H2,1H3. The second-order valence-corrected chi connectivity index (χ2v) is 4.84. The maximum Gasteiger partial charge on any atom is 0.107 e. The van der Waals surface area contributed by atoms with Crippen molar-refractivity contribution in [3.8, 4) is 0 Å². The molecule has 1 aliphatic rings.